The van der Waals surface area contributed by atoms with Gasteiger partial charge in [0.25, 0.3) is 0 Å². The molecule has 0 aromatic heterocycles. The highest BCUT2D eigenvalue weighted by Crippen LogP contribution is 2.20. The third-order valence-electron chi connectivity index (χ3n) is 3.16. The molecule has 104 valence electrons. The molecule has 0 bridgehead atoms. The van der Waals surface area contributed by atoms with E-state index in [1.807, 2.05) is 6.07 Å². The second kappa shape index (κ2) is 6.54. The predicted molar refractivity (Wildman–Crippen MR) is 70.8 cm³/mol. The van der Waals surface area contributed by atoms with Crippen LogP contribution in [0.2, 0.25) is 0 Å². The third-order valence-corrected chi connectivity index (χ3v) is 3.16. The van der Waals surface area contributed by atoms with Crippen LogP contribution in [0.3, 0.4) is 0 Å². The summed E-state index contributed by atoms with van der Waals surface area (Å²) in [6.07, 6.45) is 2.28. The quantitative estimate of drug-likeness (QED) is 0.648. The number of anilines is 1. The predicted octanol–water partition coefficient (Wildman–Crippen LogP) is 1.75. The zero-order chi connectivity index (χ0) is 13.7. The van der Waals surface area contributed by atoms with Gasteiger partial charge in [0.2, 0.25) is 0 Å². The zero-order valence-electron chi connectivity index (χ0n) is 11.1. The number of benzene rings is 1. The number of methoxy groups -OCH3 is 1. The summed E-state index contributed by atoms with van der Waals surface area (Å²) in [5, 5.41) is 0. The SMILES string of the molecule is COC(=O)c1c(N)cccc1COCC1CCCO1. The van der Waals surface area contributed by atoms with E-state index in [0.717, 1.165) is 25.0 Å². The fourth-order valence-corrected chi connectivity index (χ4v) is 2.17. The maximum Gasteiger partial charge on any atom is 0.340 e. The number of esters is 1. The minimum Gasteiger partial charge on any atom is -0.465 e. The zero-order valence-corrected chi connectivity index (χ0v) is 11.1. The normalized spacial score (nSPS) is 18.5. The number of hydrogen-bond acceptors (Lipinski definition) is 5. The van der Waals surface area contributed by atoms with Gasteiger partial charge in [-0.15, -0.1) is 0 Å². The minimum atomic E-state index is -0.436. The molecule has 2 rings (SSSR count). The molecule has 0 spiro atoms. The van der Waals surface area contributed by atoms with Crippen molar-refractivity contribution in [2.24, 2.45) is 0 Å². The summed E-state index contributed by atoms with van der Waals surface area (Å²) in [5.74, 6) is -0.436. The highest BCUT2D eigenvalue weighted by Gasteiger charge is 2.18. The van der Waals surface area contributed by atoms with E-state index in [0.29, 0.717) is 24.5 Å². The van der Waals surface area contributed by atoms with Crippen molar-refractivity contribution in [2.45, 2.75) is 25.6 Å². The lowest BCUT2D eigenvalue weighted by Crippen LogP contribution is -2.15. The van der Waals surface area contributed by atoms with Gasteiger partial charge >= 0.3 is 5.97 Å². The lowest BCUT2D eigenvalue weighted by Gasteiger charge is -2.13. The first-order valence-electron chi connectivity index (χ1n) is 6.37. The molecule has 1 atom stereocenters. The maximum atomic E-state index is 11.7. The number of carbonyl (C=O) groups excluding carboxylic acids is 1. The number of nitrogen functional groups attached to an aromatic ring is 1. The van der Waals surface area contributed by atoms with Crippen LogP contribution in [-0.2, 0) is 20.8 Å². The van der Waals surface area contributed by atoms with Gasteiger partial charge in [-0.2, -0.15) is 0 Å². The fourth-order valence-electron chi connectivity index (χ4n) is 2.17. The van der Waals surface area contributed by atoms with Gasteiger partial charge in [0.05, 0.1) is 32.0 Å². The van der Waals surface area contributed by atoms with Gasteiger partial charge in [0.1, 0.15) is 0 Å². The molecule has 1 heterocycles. The molecule has 1 fully saturated rings. The van der Waals surface area contributed by atoms with Crippen molar-refractivity contribution in [3.8, 4) is 0 Å². The standard InChI is InChI=1S/C14H19NO4/c1-17-14(16)13-10(4-2-6-12(13)15)8-18-9-11-5-3-7-19-11/h2,4,6,11H,3,5,7-9,15H2,1H3. The maximum absolute atomic E-state index is 11.7. The van der Waals surface area contributed by atoms with Crippen LogP contribution in [0.25, 0.3) is 0 Å². The molecule has 19 heavy (non-hydrogen) atoms. The Labute approximate surface area is 112 Å². The van der Waals surface area contributed by atoms with Gasteiger partial charge in [-0.05, 0) is 24.5 Å². The van der Waals surface area contributed by atoms with Crippen LogP contribution in [0.4, 0.5) is 5.69 Å². The van der Waals surface area contributed by atoms with Gasteiger partial charge in [-0.25, -0.2) is 4.79 Å². The first-order valence-corrected chi connectivity index (χ1v) is 6.37. The molecule has 1 aliphatic heterocycles. The molecule has 1 aromatic carbocycles. The Hall–Kier alpha value is -1.59. The second-order valence-electron chi connectivity index (χ2n) is 4.52. The molecule has 0 amide bonds. The fraction of sp³-hybridized carbons (Fsp3) is 0.500. The van der Waals surface area contributed by atoms with E-state index >= 15 is 0 Å². The third kappa shape index (κ3) is 3.45. The van der Waals surface area contributed by atoms with E-state index in [1.54, 1.807) is 12.1 Å². The summed E-state index contributed by atoms with van der Waals surface area (Å²) in [7, 11) is 1.34. The number of hydrogen-bond donors (Lipinski definition) is 1. The van der Waals surface area contributed by atoms with E-state index < -0.39 is 5.97 Å². The minimum absolute atomic E-state index is 0.169. The molecule has 1 saturated heterocycles. The lowest BCUT2D eigenvalue weighted by molar-refractivity contribution is 0.0102. The van der Waals surface area contributed by atoms with Crippen LogP contribution in [0.15, 0.2) is 18.2 Å². The van der Waals surface area contributed by atoms with E-state index in [-0.39, 0.29) is 6.10 Å². The van der Waals surface area contributed by atoms with Crippen molar-refractivity contribution in [1.82, 2.24) is 0 Å². The van der Waals surface area contributed by atoms with Crippen LogP contribution < -0.4 is 5.73 Å². The van der Waals surface area contributed by atoms with Crippen LogP contribution in [0.5, 0.6) is 0 Å². The van der Waals surface area contributed by atoms with Gasteiger partial charge < -0.3 is 19.9 Å². The van der Waals surface area contributed by atoms with Crippen molar-refractivity contribution < 1.29 is 19.0 Å². The Kier molecular flexibility index (Phi) is 4.76. The average molecular weight is 265 g/mol. The monoisotopic (exact) mass is 265 g/mol. The largest absolute Gasteiger partial charge is 0.465 e. The van der Waals surface area contributed by atoms with Crippen LogP contribution in [0, 0.1) is 0 Å². The Bertz CT molecular complexity index is 441. The summed E-state index contributed by atoms with van der Waals surface area (Å²) in [4.78, 5) is 11.7. The molecule has 1 unspecified atom stereocenters. The molecule has 2 N–H and O–H groups in total. The number of carbonyl (C=O) groups is 1. The first kappa shape index (κ1) is 13.8. The molecular formula is C14H19NO4. The molecule has 1 aromatic rings. The van der Waals surface area contributed by atoms with E-state index in [2.05, 4.69) is 0 Å². The van der Waals surface area contributed by atoms with E-state index in [4.69, 9.17) is 19.9 Å². The molecule has 1 aliphatic rings. The van der Waals surface area contributed by atoms with E-state index in [1.165, 1.54) is 7.11 Å². The topological polar surface area (TPSA) is 70.8 Å². The Morgan fingerprint density at radius 3 is 3.05 bits per heavy atom. The lowest BCUT2D eigenvalue weighted by atomic mass is 10.1. The molecule has 0 radical (unpaired) electrons. The van der Waals surface area contributed by atoms with Gasteiger partial charge in [-0.1, -0.05) is 12.1 Å². The van der Waals surface area contributed by atoms with Crippen LogP contribution in [0.1, 0.15) is 28.8 Å². The van der Waals surface area contributed by atoms with Crippen molar-refractivity contribution in [3.05, 3.63) is 29.3 Å². The van der Waals surface area contributed by atoms with Crippen molar-refractivity contribution in [2.75, 3.05) is 26.1 Å². The first-order chi connectivity index (χ1) is 9.22. The number of nitrogens with two attached hydrogens (primary N) is 1. The van der Waals surface area contributed by atoms with E-state index in [9.17, 15) is 4.79 Å². The molecule has 5 heteroatoms. The van der Waals surface area contributed by atoms with Crippen LogP contribution >= 0.6 is 0 Å². The number of ether oxygens (including phenoxy) is 3. The highest BCUT2D eigenvalue weighted by molar-refractivity contribution is 5.96. The summed E-state index contributed by atoms with van der Waals surface area (Å²) in [6, 6.07) is 5.29. The second-order valence-corrected chi connectivity index (χ2v) is 4.52. The van der Waals surface area contributed by atoms with Crippen molar-refractivity contribution in [3.63, 3.8) is 0 Å². The Morgan fingerprint density at radius 2 is 2.37 bits per heavy atom. The Balaban J connectivity index is 1.98. The van der Waals surface area contributed by atoms with Gasteiger partial charge in [0.15, 0.2) is 0 Å². The average Bonchev–Trinajstić information content (AvgIpc) is 2.91. The summed E-state index contributed by atoms with van der Waals surface area (Å²) < 4.78 is 15.8. The van der Waals surface area contributed by atoms with Gasteiger partial charge in [0, 0.05) is 12.3 Å². The molecule has 0 aliphatic carbocycles. The summed E-state index contributed by atoms with van der Waals surface area (Å²) in [6.45, 7) is 1.67. The smallest absolute Gasteiger partial charge is 0.340 e. The number of rotatable bonds is 5. The summed E-state index contributed by atoms with van der Waals surface area (Å²) >= 11 is 0. The van der Waals surface area contributed by atoms with Crippen molar-refractivity contribution in [1.29, 1.82) is 0 Å². The molecule has 5 nitrogen and oxygen atoms in total. The molecule has 0 saturated carbocycles. The van der Waals surface area contributed by atoms with Crippen LogP contribution in [-0.4, -0.2) is 32.4 Å². The van der Waals surface area contributed by atoms with Crippen molar-refractivity contribution >= 4 is 11.7 Å². The highest BCUT2D eigenvalue weighted by atomic mass is 16.5. The summed E-state index contributed by atoms with van der Waals surface area (Å²) in [5.41, 5.74) is 7.35. The Morgan fingerprint density at radius 1 is 1.53 bits per heavy atom. The molecular weight excluding hydrogens is 246 g/mol. The van der Waals surface area contributed by atoms with Gasteiger partial charge in [-0.3, -0.25) is 0 Å².